The van der Waals surface area contributed by atoms with Crippen LogP contribution in [0.15, 0.2) is 18.5 Å². The molecule has 2 rings (SSSR count). The molecule has 0 aliphatic rings. The Balaban J connectivity index is 2.27. The number of rotatable bonds is 8. The van der Waals surface area contributed by atoms with E-state index in [-0.39, 0.29) is 0 Å². The summed E-state index contributed by atoms with van der Waals surface area (Å²) in [6, 6.07) is 2.18. The molecule has 1 atom stereocenters. The Morgan fingerprint density at radius 2 is 2.05 bits per heavy atom. The predicted octanol–water partition coefficient (Wildman–Crippen LogP) is 2.04. The molecule has 114 valence electrons. The van der Waals surface area contributed by atoms with Gasteiger partial charge in [0.15, 0.2) is 0 Å². The summed E-state index contributed by atoms with van der Waals surface area (Å²) in [5.74, 6) is 2.65. The van der Waals surface area contributed by atoms with Crippen molar-refractivity contribution in [3.8, 4) is 5.95 Å². The van der Waals surface area contributed by atoms with E-state index in [1.165, 1.54) is 0 Å². The highest BCUT2D eigenvalue weighted by molar-refractivity contribution is 7.98. The van der Waals surface area contributed by atoms with Crippen molar-refractivity contribution in [3.63, 3.8) is 0 Å². The molecule has 1 unspecified atom stereocenters. The van der Waals surface area contributed by atoms with Crippen LogP contribution in [0.2, 0.25) is 0 Å². The van der Waals surface area contributed by atoms with Gasteiger partial charge in [-0.15, -0.1) is 0 Å². The monoisotopic (exact) mass is 307 g/mol. The number of nitrogens with zero attached hydrogens (tertiary/aromatic N) is 5. The van der Waals surface area contributed by atoms with E-state index in [1.54, 1.807) is 22.6 Å². The second kappa shape index (κ2) is 7.82. The first-order valence-electron chi connectivity index (χ1n) is 7.02. The second-order valence-electron chi connectivity index (χ2n) is 4.47. The van der Waals surface area contributed by atoms with E-state index < -0.39 is 0 Å². The summed E-state index contributed by atoms with van der Waals surface area (Å²) in [5, 5.41) is 10.7. The minimum atomic E-state index is 0.336. The summed E-state index contributed by atoms with van der Waals surface area (Å²) in [6.07, 6.45) is 6.62. The fourth-order valence-corrected chi connectivity index (χ4v) is 2.52. The van der Waals surface area contributed by atoms with Crippen LogP contribution in [0.4, 0.5) is 11.9 Å². The first-order chi connectivity index (χ1) is 10.3. The van der Waals surface area contributed by atoms with Crippen LogP contribution in [0.25, 0.3) is 5.95 Å². The van der Waals surface area contributed by atoms with Crippen LogP contribution in [0.1, 0.15) is 20.3 Å². The Hall–Kier alpha value is -1.83. The lowest BCUT2D eigenvalue weighted by atomic mass is 10.3. The van der Waals surface area contributed by atoms with Gasteiger partial charge in [0.1, 0.15) is 0 Å². The van der Waals surface area contributed by atoms with Crippen LogP contribution in [0.3, 0.4) is 0 Å². The van der Waals surface area contributed by atoms with Gasteiger partial charge in [-0.05, 0) is 25.7 Å². The zero-order valence-corrected chi connectivity index (χ0v) is 13.4. The number of anilines is 2. The highest BCUT2D eigenvalue weighted by Crippen LogP contribution is 2.12. The van der Waals surface area contributed by atoms with Gasteiger partial charge in [0.05, 0.1) is 0 Å². The van der Waals surface area contributed by atoms with Crippen molar-refractivity contribution in [2.45, 2.75) is 26.3 Å². The molecule has 8 heteroatoms. The SMILES string of the molecule is CCNc1nc(NC(CC)CSC)nc(-n2cccn2)n1. The minimum absolute atomic E-state index is 0.336. The van der Waals surface area contributed by atoms with E-state index >= 15 is 0 Å². The van der Waals surface area contributed by atoms with Crippen LogP contribution >= 0.6 is 11.8 Å². The zero-order valence-electron chi connectivity index (χ0n) is 12.6. The first-order valence-corrected chi connectivity index (χ1v) is 8.41. The van der Waals surface area contributed by atoms with Crippen LogP contribution in [0.5, 0.6) is 0 Å². The van der Waals surface area contributed by atoms with Crippen molar-refractivity contribution < 1.29 is 0 Å². The molecule has 0 saturated heterocycles. The molecule has 0 fully saturated rings. The highest BCUT2D eigenvalue weighted by Gasteiger charge is 2.11. The van der Waals surface area contributed by atoms with E-state index in [1.807, 2.05) is 19.2 Å². The standard InChI is InChI=1S/C13H21N7S/c1-4-10(9-21-3)16-12-17-11(14-5-2)18-13(19-12)20-8-6-7-15-20/h6-8,10H,4-5,9H2,1-3H3,(H2,14,16,17,18,19). The average molecular weight is 307 g/mol. The molecule has 0 radical (unpaired) electrons. The number of nitrogens with one attached hydrogen (secondary N) is 2. The molecule has 0 saturated carbocycles. The summed E-state index contributed by atoms with van der Waals surface area (Å²) in [6.45, 7) is 4.91. The molecule has 2 heterocycles. The summed E-state index contributed by atoms with van der Waals surface area (Å²) in [7, 11) is 0. The van der Waals surface area contributed by atoms with Crippen molar-refractivity contribution >= 4 is 23.7 Å². The smallest absolute Gasteiger partial charge is 0.257 e. The molecule has 0 spiro atoms. The largest absolute Gasteiger partial charge is 0.354 e. The molecule has 0 bridgehead atoms. The molecule has 2 aromatic heterocycles. The maximum Gasteiger partial charge on any atom is 0.257 e. The lowest BCUT2D eigenvalue weighted by Crippen LogP contribution is -2.23. The number of aromatic nitrogens is 5. The Bertz CT molecular complexity index is 543. The molecule has 2 aromatic rings. The quantitative estimate of drug-likeness (QED) is 0.772. The van der Waals surface area contributed by atoms with Gasteiger partial charge in [0, 0.05) is 30.7 Å². The van der Waals surface area contributed by atoms with Crippen molar-refractivity contribution in [1.82, 2.24) is 24.7 Å². The van der Waals surface area contributed by atoms with Crippen molar-refractivity contribution in [3.05, 3.63) is 18.5 Å². The van der Waals surface area contributed by atoms with Gasteiger partial charge >= 0.3 is 0 Å². The topological polar surface area (TPSA) is 80.5 Å². The van der Waals surface area contributed by atoms with E-state index in [9.17, 15) is 0 Å². The Morgan fingerprint density at radius 3 is 2.67 bits per heavy atom. The summed E-state index contributed by atoms with van der Waals surface area (Å²) in [4.78, 5) is 13.2. The normalized spacial score (nSPS) is 12.1. The van der Waals surface area contributed by atoms with Crippen molar-refractivity contribution in [2.24, 2.45) is 0 Å². The molecule has 7 nitrogen and oxygen atoms in total. The predicted molar refractivity (Wildman–Crippen MR) is 87.2 cm³/mol. The van der Waals surface area contributed by atoms with Crippen LogP contribution in [-0.4, -0.2) is 49.3 Å². The number of hydrogen-bond acceptors (Lipinski definition) is 7. The van der Waals surface area contributed by atoms with Gasteiger partial charge in [-0.25, -0.2) is 4.68 Å². The van der Waals surface area contributed by atoms with Crippen molar-refractivity contribution in [1.29, 1.82) is 0 Å². The van der Waals surface area contributed by atoms with E-state index in [2.05, 4.69) is 43.9 Å². The van der Waals surface area contributed by atoms with Gasteiger partial charge in [0.25, 0.3) is 5.95 Å². The van der Waals surface area contributed by atoms with Crippen LogP contribution in [0, 0.1) is 0 Å². The average Bonchev–Trinajstić information content (AvgIpc) is 3.01. The van der Waals surface area contributed by atoms with Crippen LogP contribution in [-0.2, 0) is 0 Å². The fraction of sp³-hybridized carbons (Fsp3) is 0.538. The maximum absolute atomic E-state index is 4.45. The first kappa shape index (κ1) is 15.6. The zero-order chi connectivity index (χ0) is 15.1. The molecule has 2 N–H and O–H groups in total. The minimum Gasteiger partial charge on any atom is -0.354 e. The Morgan fingerprint density at radius 1 is 1.24 bits per heavy atom. The van der Waals surface area contributed by atoms with Gasteiger partial charge in [-0.2, -0.15) is 31.8 Å². The van der Waals surface area contributed by atoms with E-state index in [0.29, 0.717) is 23.9 Å². The van der Waals surface area contributed by atoms with E-state index in [4.69, 9.17) is 0 Å². The summed E-state index contributed by atoms with van der Waals surface area (Å²) < 4.78 is 1.63. The maximum atomic E-state index is 4.45. The molecule has 21 heavy (non-hydrogen) atoms. The number of thioether (sulfide) groups is 1. The number of hydrogen-bond donors (Lipinski definition) is 2. The third kappa shape index (κ3) is 4.32. The van der Waals surface area contributed by atoms with Gasteiger partial charge in [0.2, 0.25) is 11.9 Å². The lowest BCUT2D eigenvalue weighted by Gasteiger charge is -2.16. The third-order valence-corrected chi connectivity index (χ3v) is 3.60. The molecular weight excluding hydrogens is 286 g/mol. The molecule has 0 aliphatic heterocycles. The van der Waals surface area contributed by atoms with Gasteiger partial charge < -0.3 is 10.6 Å². The lowest BCUT2D eigenvalue weighted by molar-refractivity contribution is 0.748. The highest BCUT2D eigenvalue weighted by atomic mass is 32.2. The molecular formula is C13H21N7S. The molecule has 0 aliphatic carbocycles. The third-order valence-electron chi connectivity index (χ3n) is 2.86. The fourth-order valence-electron chi connectivity index (χ4n) is 1.80. The Labute approximate surface area is 129 Å². The second-order valence-corrected chi connectivity index (χ2v) is 5.38. The molecule has 0 amide bonds. The Kier molecular flexibility index (Phi) is 5.79. The molecule has 0 aromatic carbocycles. The van der Waals surface area contributed by atoms with Crippen molar-refractivity contribution in [2.75, 3.05) is 29.2 Å². The summed E-state index contributed by atoms with van der Waals surface area (Å²) >= 11 is 1.80. The van der Waals surface area contributed by atoms with Gasteiger partial charge in [-0.1, -0.05) is 6.92 Å². The van der Waals surface area contributed by atoms with Crippen LogP contribution < -0.4 is 10.6 Å². The summed E-state index contributed by atoms with van der Waals surface area (Å²) in [5.41, 5.74) is 0. The van der Waals surface area contributed by atoms with E-state index in [0.717, 1.165) is 18.7 Å². The van der Waals surface area contributed by atoms with Gasteiger partial charge in [-0.3, -0.25) is 0 Å².